The molecule has 0 saturated carbocycles. The van der Waals surface area contributed by atoms with Gasteiger partial charge in [-0.05, 0) is 61.9 Å². The van der Waals surface area contributed by atoms with Crippen LogP contribution in [0.4, 0.5) is 5.69 Å². The van der Waals surface area contributed by atoms with Crippen molar-refractivity contribution in [2.75, 3.05) is 11.9 Å². The lowest BCUT2D eigenvalue weighted by Crippen LogP contribution is -2.33. The monoisotopic (exact) mass is 445 g/mol. The van der Waals surface area contributed by atoms with E-state index >= 15 is 0 Å². The van der Waals surface area contributed by atoms with Crippen molar-refractivity contribution < 1.29 is 9.59 Å². The molecule has 0 fully saturated rings. The summed E-state index contributed by atoms with van der Waals surface area (Å²) in [6.45, 7) is 3.52. The molecular weight excluding hydrogens is 430 g/mol. The Morgan fingerprint density at radius 1 is 1.11 bits per heavy atom. The predicted octanol–water partition coefficient (Wildman–Crippen LogP) is 4.64. The van der Waals surface area contributed by atoms with E-state index in [1.165, 1.54) is 0 Å². The van der Waals surface area contributed by atoms with Gasteiger partial charge in [0.2, 0.25) is 5.91 Å². The summed E-state index contributed by atoms with van der Waals surface area (Å²) >= 11 is 9.39. The number of nitrogens with one attached hydrogen (secondary N) is 2. The van der Waals surface area contributed by atoms with Crippen LogP contribution in [-0.2, 0) is 4.79 Å². The summed E-state index contributed by atoms with van der Waals surface area (Å²) in [7, 11) is 0. The van der Waals surface area contributed by atoms with Crippen molar-refractivity contribution in [2.45, 2.75) is 13.8 Å². The average molecular weight is 447 g/mol. The lowest BCUT2D eigenvalue weighted by atomic mass is 10.1. The molecule has 7 heteroatoms. The summed E-state index contributed by atoms with van der Waals surface area (Å²) < 4.78 is 0.936. The van der Waals surface area contributed by atoms with Crippen molar-refractivity contribution >= 4 is 55.9 Å². The van der Waals surface area contributed by atoms with Crippen molar-refractivity contribution in [3.63, 3.8) is 0 Å². The topological polar surface area (TPSA) is 71.1 Å². The number of aromatic nitrogens is 1. The summed E-state index contributed by atoms with van der Waals surface area (Å²) in [5, 5.41) is 6.77. The molecule has 2 aromatic carbocycles. The van der Waals surface area contributed by atoms with E-state index in [2.05, 4.69) is 31.5 Å². The molecule has 0 saturated heterocycles. The van der Waals surface area contributed by atoms with Gasteiger partial charge in [0.15, 0.2) is 0 Å². The van der Waals surface area contributed by atoms with Crippen LogP contribution >= 0.6 is 27.5 Å². The van der Waals surface area contributed by atoms with Gasteiger partial charge in [-0.15, -0.1) is 0 Å². The minimum atomic E-state index is -0.357. The molecule has 0 aliphatic carbocycles. The number of nitrogens with zero attached hydrogens (tertiary/aromatic N) is 1. The number of rotatable bonds is 4. The van der Waals surface area contributed by atoms with Crippen molar-refractivity contribution in [3.8, 4) is 0 Å². The fraction of sp³-hybridized carbons (Fsp3) is 0.150. The number of aryl methyl sites for hydroxylation is 2. The molecule has 0 atom stereocenters. The molecule has 1 heterocycles. The molecule has 2 amide bonds. The summed E-state index contributed by atoms with van der Waals surface area (Å²) in [6.07, 6.45) is 0. The molecule has 0 aliphatic heterocycles. The van der Waals surface area contributed by atoms with Gasteiger partial charge in [-0.2, -0.15) is 0 Å². The lowest BCUT2D eigenvalue weighted by Gasteiger charge is -2.11. The van der Waals surface area contributed by atoms with E-state index in [4.69, 9.17) is 11.6 Å². The zero-order valence-electron chi connectivity index (χ0n) is 14.8. The van der Waals surface area contributed by atoms with Gasteiger partial charge in [0, 0.05) is 20.6 Å². The molecular formula is C20H17BrClN3O2. The third-order valence-electron chi connectivity index (χ3n) is 4.08. The third-order valence-corrected chi connectivity index (χ3v) is 4.81. The van der Waals surface area contributed by atoms with E-state index in [1.54, 1.807) is 37.3 Å². The summed E-state index contributed by atoms with van der Waals surface area (Å²) in [6, 6.07) is 12.6. The molecule has 0 radical (unpaired) electrons. The van der Waals surface area contributed by atoms with E-state index in [0.717, 1.165) is 20.9 Å². The van der Waals surface area contributed by atoms with Crippen LogP contribution in [0.5, 0.6) is 0 Å². The second-order valence-corrected chi connectivity index (χ2v) is 7.50. The van der Waals surface area contributed by atoms with Crippen LogP contribution in [0.15, 0.2) is 46.9 Å². The number of carbonyl (C=O) groups excluding carboxylic acids is 2. The Morgan fingerprint density at radius 3 is 2.63 bits per heavy atom. The highest BCUT2D eigenvalue weighted by Gasteiger charge is 2.13. The van der Waals surface area contributed by atoms with E-state index in [1.807, 2.05) is 19.1 Å². The standard InChI is InChI=1S/C20H17BrClN3O2/c1-11-7-14(21)3-5-17(11)25-19(26)10-23-20(27)16-9-13-8-15(22)4-6-18(13)24-12(16)2/h3-9H,10H2,1-2H3,(H,23,27)(H,25,26). The Labute approximate surface area is 170 Å². The molecule has 27 heavy (non-hydrogen) atoms. The minimum Gasteiger partial charge on any atom is -0.343 e. The van der Waals surface area contributed by atoms with Crippen LogP contribution in [0, 0.1) is 13.8 Å². The zero-order valence-corrected chi connectivity index (χ0v) is 17.1. The molecule has 3 rings (SSSR count). The van der Waals surface area contributed by atoms with Crippen molar-refractivity contribution in [3.05, 3.63) is 68.8 Å². The molecule has 5 nitrogen and oxygen atoms in total. The van der Waals surface area contributed by atoms with Crippen LogP contribution in [-0.4, -0.2) is 23.3 Å². The smallest absolute Gasteiger partial charge is 0.253 e. The lowest BCUT2D eigenvalue weighted by molar-refractivity contribution is -0.115. The second kappa shape index (κ2) is 8.06. The van der Waals surface area contributed by atoms with Gasteiger partial charge in [0.05, 0.1) is 23.3 Å². The maximum Gasteiger partial charge on any atom is 0.253 e. The fourth-order valence-electron chi connectivity index (χ4n) is 2.69. The average Bonchev–Trinajstić information content (AvgIpc) is 2.62. The highest BCUT2D eigenvalue weighted by atomic mass is 79.9. The molecule has 138 valence electrons. The maximum atomic E-state index is 12.5. The van der Waals surface area contributed by atoms with E-state index in [-0.39, 0.29) is 18.4 Å². The van der Waals surface area contributed by atoms with Crippen molar-refractivity contribution in [2.24, 2.45) is 0 Å². The molecule has 0 aliphatic rings. The number of fused-ring (bicyclic) bond motifs is 1. The van der Waals surface area contributed by atoms with Crippen LogP contribution in [0.1, 0.15) is 21.6 Å². The normalized spacial score (nSPS) is 10.7. The molecule has 1 aromatic heterocycles. The van der Waals surface area contributed by atoms with Crippen molar-refractivity contribution in [1.82, 2.24) is 10.3 Å². The Hall–Kier alpha value is -2.44. The van der Waals surface area contributed by atoms with E-state index in [9.17, 15) is 9.59 Å². The zero-order chi connectivity index (χ0) is 19.6. The number of amides is 2. The largest absolute Gasteiger partial charge is 0.343 e. The molecule has 0 unspecified atom stereocenters. The Kier molecular flexibility index (Phi) is 5.77. The first-order chi connectivity index (χ1) is 12.8. The first-order valence-electron chi connectivity index (χ1n) is 8.24. The first kappa shape index (κ1) is 19.3. The number of halogens is 2. The number of carbonyl (C=O) groups is 2. The van der Waals surface area contributed by atoms with Crippen LogP contribution < -0.4 is 10.6 Å². The van der Waals surface area contributed by atoms with Gasteiger partial charge in [0.25, 0.3) is 5.91 Å². The summed E-state index contributed by atoms with van der Waals surface area (Å²) in [5.74, 6) is -0.659. The van der Waals surface area contributed by atoms with E-state index in [0.29, 0.717) is 22.0 Å². The summed E-state index contributed by atoms with van der Waals surface area (Å²) in [4.78, 5) is 29.1. The van der Waals surface area contributed by atoms with Gasteiger partial charge in [-0.25, -0.2) is 0 Å². The predicted molar refractivity (Wildman–Crippen MR) is 111 cm³/mol. The highest BCUT2D eigenvalue weighted by molar-refractivity contribution is 9.10. The quantitative estimate of drug-likeness (QED) is 0.613. The first-order valence-corrected chi connectivity index (χ1v) is 9.41. The highest BCUT2D eigenvalue weighted by Crippen LogP contribution is 2.21. The molecule has 2 N–H and O–H groups in total. The number of pyridine rings is 1. The fourth-order valence-corrected chi connectivity index (χ4v) is 3.35. The van der Waals surface area contributed by atoms with Crippen molar-refractivity contribution in [1.29, 1.82) is 0 Å². The Balaban J connectivity index is 1.69. The Morgan fingerprint density at radius 2 is 1.89 bits per heavy atom. The van der Waals surface area contributed by atoms with Gasteiger partial charge in [-0.1, -0.05) is 27.5 Å². The van der Waals surface area contributed by atoms with Crippen LogP contribution in [0.25, 0.3) is 10.9 Å². The van der Waals surface area contributed by atoms with Gasteiger partial charge in [-0.3, -0.25) is 14.6 Å². The number of benzene rings is 2. The maximum absolute atomic E-state index is 12.5. The minimum absolute atomic E-state index is 0.138. The van der Waals surface area contributed by atoms with Gasteiger partial charge < -0.3 is 10.6 Å². The van der Waals surface area contributed by atoms with Crippen LogP contribution in [0.2, 0.25) is 5.02 Å². The Bertz CT molecular complexity index is 1050. The third kappa shape index (κ3) is 4.64. The number of anilines is 1. The molecule has 0 bridgehead atoms. The number of hydrogen-bond donors (Lipinski definition) is 2. The SMILES string of the molecule is Cc1cc(Br)ccc1NC(=O)CNC(=O)c1cc2cc(Cl)ccc2nc1C. The van der Waals surface area contributed by atoms with Gasteiger partial charge >= 0.3 is 0 Å². The molecule has 0 spiro atoms. The second-order valence-electron chi connectivity index (χ2n) is 6.15. The van der Waals surface area contributed by atoms with E-state index < -0.39 is 0 Å². The molecule has 3 aromatic rings. The van der Waals surface area contributed by atoms with Crippen LogP contribution in [0.3, 0.4) is 0 Å². The summed E-state index contributed by atoms with van der Waals surface area (Å²) in [5.41, 5.74) is 3.40. The number of hydrogen-bond acceptors (Lipinski definition) is 3. The van der Waals surface area contributed by atoms with Gasteiger partial charge in [0.1, 0.15) is 0 Å².